The summed E-state index contributed by atoms with van der Waals surface area (Å²) < 4.78 is 11.5. The lowest BCUT2D eigenvalue weighted by Gasteiger charge is -2.33. The molecule has 0 saturated carbocycles. The van der Waals surface area contributed by atoms with Gasteiger partial charge in [-0.05, 0) is 36.1 Å². The Labute approximate surface area is 240 Å². The van der Waals surface area contributed by atoms with E-state index < -0.39 is 11.9 Å². The van der Waals surface area contributed by atoms with Crippen molar-refractivity contribution in [3.8, 4) is 5.75 Å². The number of carbonyl (C=O) groups excluding carboxylic acids is 1. The molecule has 1 amide bonds. The van der Waals surface area contributed by atoms with Crippen LogP contribution in [0.3, 0.4) is 0 Å². The Bertz CT molecular complexity index is 1350. The third-order valence-corrected chi connectivity index (χ3v) is 6.86. The second kappa shape index (κ2) is 14.7. The van der Waals surface area contributed by atoms with Gasteiger partial charge in [-0.15, -0.1) is 0 Å². The number of hydrogen-bond acceptors (Lipinski definition) is 8. The number of aliphatic hydroxyl groups excluding tert-OH is 1. The molecule has 3 heterocycles. The van der Waals surface area contributed by atoms with Gasteiger partial charge in [0.1, 0.15) is 0 Å². The van der Waals surface area contributed by atoms with E-state index in [1.165, 1.54) is 0 Å². The minimum absolute atomic E-state index is 0.121. The first kappa shape index (κ1) is 30.9. The number of carboxylic acid groups (broad SMARTS) is 2. The number of piperazine rings is 1. The van der Waals surface area contributed by atoms with Crippen molar-refractivity contribution >= 4 is 52.0 Å². The van der Waals surface area contributed by atoms with Crippen LogP contribution in [-0.4, -0.2) is 94.4 Å². The molecule has 0 spiro atoms. The third kappa shape index (κ3) is 8.18. The second-order valence-electron chi connectivity index (χ2n) is 8.73. The van der Waals surface area contributed by atoms with Crippen LogP contribution in [0.2, 0.25) is 10.0 Å². The van der Waals surface area contributed by atoms with E-state index in [1.54, 1.807) is 30.5 Å². The van der Waals surface area contributed by atoms with Gasteiger partial charge in [0, 0.05) is 62.7 Å². The number of hydrogen-bond donors (Lipinski definition) is 3. The van der Waals surface area contributed by atoms with Crippen molar-refractivity contribution in [2.24, 2.45) is 0 Å². The van der Waals surface area contributed by atoms with Crippen LogP contribution in [0.5, 0.6) is 5.75 Å². The van der Waals surface area contributed by atoms with E-state index >= 15 is 0 Å². The van der Waals surface area contributed by atoms with Crippen LogP contribution in [-0.2, 0) is 22.4 Å². The van der Waals surface area contributed by atoms with E-state index in [-0.39, 0.29) is 12.5 Å². The average Bonchev–Trinajstić information content (AvgIpc) is 3.38. The molecule has 3 N–H and O–H groups in total. The van der Waals surface area contributed by atoms with Crippen molar-refractivity contribution in [1.82, 2.24) is 14.8 Å². The molecule has 11 nitrogen and oxygen atoms in total. The summed E-state index contributed by atoms with van der Waals surface area (Å²) in [7, 11) is 1.58. The predicted octanol–water partition coefficient (Wildman–Crippen LogP) is 3.39. The maximum atomic E-state index is 13.1. The molecule has 2 aromatic heterocycles. The summed E-state index contributed by atoms with van der Waals surface area (Å²) in [4.78, 5) is 40.1. The van der Waals surface area contributed by atoms with Crippen molar-refractivity contribution in [2.75, 3.05) is 46.4 Å². The van der Waals surface area contributed by atoms with Crippen molar-refractivity contribution in [2.45, 2.75) is 12.8 Å². The van der Waals surface area contributed by atoms with Gasteiger partial charge in [-0.1, -0.05) is 29.3 Å². The van der Waals surface area contributed by atoms with Crippen LogP contribution in [0.15, 0.2) is 47.2 Å². The number of amides is 1. The zero-order valence-corrected chi connectivity index (χ0v) is 23.2. The maximum Gasteiger partial charge on any atom is 0.328 e. The molecular formula is C27H29Cl2N3O8. The molecular weight excluding hydrogens is 565 g/mol. The minimum Gasteiger partial charge on any atom is -0.493 e. The number of halogens is 2. The summed E-state index contributed by atoms with van der Waals surface area (Å²) in [5, 5.41) is 26.6. The largest absolute Gasteiger partial charge is 0.493 e. The van der Waals surface area contributed by atoms with Gasteiger partial charge in [0.05, 0.1) is 23.8 Å². The summed E-state index contributed by atoms with van der Waals surface area (Å²) >= 11 is 12.5. The zero-order valence-electron chi connectivity index (χ0n) is 21.7. The van der Waals surface area contributed by atoms with Crippen molar-refractivity contribution in [3.63, 3.8) is 0 Å². The molecule has 40 heavy (non-hydrogen) atoms. The molecule has 0 bridgehead atoms. The fourth-order valence-corrected chi connectivity index (χ4v) is 4.74. The Kier molecular flexibility index (Phi) is 11.3. The van der Waals surface area contributed by atoms with Gasteiger partial charge in [0.2, 0.25) is 0 Å². The number of nitrogens with zero attached hydrogens (tertiary/aromatic N) is 3. The molecule has 214 valence electrons. The number of β-amino-alcohol motifs (C(OH)–C–C–N with tert-alkyl or cyclic N) is 1. The van der Waals surface area contributed by atoms with Gasteiger partial charge in [-0.25, -0.2) is 9.59 Å². The maximum absolute atomic E-state index is 13.1. The number of aliphatic hydroxyl groups is 1. The highest BCUT2D eigenvalue weighted by Crippen LogP contribution is 2.34. The standard InChI is InChI=1S/C23H25Cl2N3O4.C4H4O4/c1-31-20-5-3-15(2-4-16-18(24)13-26-14-19(16)25)17-12-21(32-22(17)20)23(30)28-8-6-27(7-9-28)10-11-29;5-3(6)1-2-4(7)8/h3,5,12-14,29H,2,4,6-11H2,1H3;1-2H,(H,5,6)(H,7,8). The lowest BCUT2D eigenvalue weighted by atomic mass is 10.0. The SMILES string of the molecule is COc1ccc(CCc2c(Cl)cncc2Cl)c2cc(C(=O)N3CCN(CCO)CC3)oc12.O=C(O)C=CC(=O)O. The highest BCUT2D eigenvalue weighted by Gasteiger charge is 2.25. The highest BCUT2D eigenvalue weighted by atomic mass is 35.5. The molecule has 4 rings (SSSR count). The van der Waals surface area contributed by atoms with Crippen LogP contribution >= 0.6 is 23.2 Å². The van der Waals surface area contributed by atoms with Crippen LogP contribution < -0.4 is 4.74 Å². The predicted molar refractivity (Wildman–Crippen MR) is 148 cm³/mol. The van der Waals surface area contributed by atoms with E-state index in [9.17, 15) is 14.4 Å². The first-order chi connectivity index (χ1) is 19.1. The number of aromatic nitrogens is 1. The highest BCUT2D eigenvalue weighted by molar-refractivity contribution is 6.35. The summed E-state index contributed by atoms with van der Waals surface area (Å²) in [5.74, 6) is -1.78. The van der Waals surface area contributed by atoms with E-state index in [0.29, 0.717) is 71.8 Å². The molecule has 0 atom stereocenters. The Balaban J connectivity index is 0.000000482. The normalized spacial score (nSPS) is 13.8. The number of carbonyl (C=O) groups is 3. The topological polar surface area (TPSA) is 154 Å². The molecule has 1 saturated heterocycles. The number of pyridine rings is 1. The van der Waals surface area contributed by atoms with Gasteiger partial charge < -0.3 is 29.4 Å². The summed E-state index contributed by atoms with van der Waals surface area (Å²) in [6.45, 7) is 3.40. The van der Waals surface area contributed by atoms with Crippen molar-refractivity contribution in [1.29, 1.82) is 0 Å². The Hall–Kier alpha value is -3.64. The average molecular weight is 594 g/mol. The number of methoxy groups -OCH3 is 1. The Morgan fingerprint density at radius 2 is 1.65 bits per heavy atom. The van der Waals surface area contributed by atoms with Crippen LogP contribution in [0.25, 0.3) is 11.0 Å². The van der Waals surface area contributed by atoms with Crippen LogP contribution in [0.1, 0.15) is 21.7 Å². The summed E-state index contributed by atoms with van der Waals surface area (Å²) in [5.41, 5.74) is 2.41. The molecule has 1 aliphatic rings. The zero-order chi connectivity index (χ0) is 29.2. The fraction of sp³-hybridized carbons (Fsp3) is 0.333. The lowest BCUT2D eigenvalue weighted by Crippen LogP contribution is -2.49. The lowest BCUT2D eigenvalue weighted by molar-refractivity contribution is -0.134. The van der Waals surface area contributed by atoms with Crippen LogP contribution in [0, 0.1) is 0 Å². The number of rotatable bonds is 9. The first-order valence-corrected chi connectivity index (χ1v) is 13.0. The van der Waals surface area contributed by atoms with Gasteiger partial charge in [0.25, 0.3) is 5.91 Å². The molecule has 3 aromatic rings. The quantitative estimate of drug-likeness (QED) is 0.314. The van der Waals surface area contributed by atoms with E-state index in [1.807, 2.05) is 12.1 Å². The number of benzene rings is 1. The van der Waals surface area contributed by atoms with Gasteiger partial charge in [-0.2, -0.15) is 0 Å². The van der Waals surface area contributed by atoms with Gasteiger partial charge in [-0.3, -0.25) is 14.7 Å². The van der Waals surface area contributed by atoms with Crippen LogP contribution in [0.4, 0.5) is 0 Å². The minimum atomic E-state index is -1.26. The number of fused-ring (bicyclic) bond motifs is 1. The number of furan rings is 1. The molecule has 1 fully saturated rings. The van der Waals surface area contributed by atoms with E-state index in [0.717, 1.165) is 29.6 Å². The molecule has 0 radical (unpaired) electrons. The van der Waals surface area contributed by atoms with Gasteiger partial charge >= 0.3 is 11.9 Å². The third-order valence-electron chi connectivity index (χ3n) is 6.21. The van der Waals surface area contributed by atoms with Gasteiger partial charge in [0.15, 0.2) is 17.1 Å². The van der Waals surface area contributed by atoms with E-state index in [2.05, 4.69) is 9.88 Å². The summed E-state index contributed by atoms with van der Waals surface area (Å²) in [6.07, 6.45) is 5.58. The van der Waals surface area contributed by atoms with Crippen molar-refractivity contribution in [3.05, 3.63) is 69.7 Å². The smallest absolute Gasteiger partial charge is 0.328 e. The van der Waals surface area contributed by atoms with Crippen molar-refractivity contribution < 1.29 is 38.9 Å². The molecule has 0 aliphatic carbocycles. The number of aliphatic carboxylic acids is 2. The molecule has 1 aromatic carbocycles. The van der Waals surface area contributed by atoms with E-state index in [4.69, 9.17) is 47.7 Å². The molecule has 0 unspecified atom stereocenters. The molecule has 1 aliphatic heterocycles. The Morgan fingerprint density at radius 3 is 2.20 bits per heavy atom. The Morgan fingerprint density at radius 1 is 1.02 bits per heavy atom. The molecule has 13 heteroatoms. The number of carboxylic acids is 2. The number of ether oxygens (including phenoxy) is 1. The summed E-state index contributed by atoms with van der Waals surface area (Å²) in [6, 6.07) is 5.62. The first-order valence-electron chi connectivity index (χ1n) is 12.3. The second-order valence-corrected chi connectivity index (χ2v) is 9.54. The fourth-order valence-electron chi connectivity index (χ4n) is 4.19. The number of aryl methyl sites for hydroxylation is 1. The monoisotopic (exact) mass is 593 g/mol.